The minimum atomic E-state index is -0.241. The Kier molecular flexibility index (Phi) is 7.89. The van der Waals surface area contributed by atoms with Crippen molar-refractivity contribution in [2.24, 2.45) is 5.92 Å². The molecule has 1 fully saturated rings. The molecule has 0 atom stereocenters. The average molecular weight is 409 g/mol. The van der Waals surface area contributed by atoms with Crippen LogP contribution in [-0.2, 0) is 0 Å². The highest BCUT2D eigenvalue weighted by Crippen LogP contribution is 2.22. The topological polar surface area (TPSA) is 58.6 Å². The van der Waals surface area contributed by atoms with Gasteiger partial charge in [0.1, 0.15) is 5.75 Å². The minimum absolute atomic E-state index is 0.0328. The van der Waals surface area contributed by atoms with Gasteiger partial charge in [0.15, 0.2) is 0 Å². The summed E-state index contributed by atoms with van der Waals surface area (Å²) in [5.41, 5.74) is 1.71. The molecular weight excluding hydrogens is 376 g/mol. The average Bonchev–Trinajstić information content (AvgIpc) is 3.03. The number of anilines is 1. The molecule has 1 heterocycles. The van der Waals surface area contributed by atoms with Gasteiger partial charge in [0.05, 0.1) is 12.2 Å². The van der Waals surface area contributed by atoms with Gasteiger partial charge in [-0.15, -0.1) is 0 Å². The van der Waals surface area contributed by atoms with E-state index in [-0.39, 0.29) is 11.8 Å². The van der Waals surface area contributed by atoms with Gasteiger partial charge >= 0.3 is 0 Å². The van der Waals surface area contributed by atoms with Gasteiger partial charge in [0.2, 0.25) is 0 Å². The van der Waals surface area contributed by atoms with E-state index in [9.17, 15) is 9.59 Å². The zero-order valence-corrected chi connectivity index (χ0v) is 18.0. The molecule has 1 N–H and O–H groups in total. The third-order valence-corrected chi connectivity index (χ3v) is 5.35. The van der Waals surface area contributed by atoms with E-state index >= 15 is 0 Å². The van der Waals surface area contributed by atoms with E-state index < -0.39 is 0 Å². The maximum absolute atomic E-state index is 12.9. The van der Waals surface area contributed by atoms with E-state index in [0.29, 0.717) is 35.1 Å². The second-order valence-electron chi connectivity index (χ2n) is 8.27. The number of ether oxygens (including phenoxy) is 1. The Morgan fingerprint density at radius 1 is 1.00 bits per heavy atom. The lowest BCUT2D eigenvalue weighted by Gasteiger charge is -2.20. The molecule has 0 bridgehead atoms. The highest BCUT2D eigenvalue weighted by Gasteiger charge is 2.18. The molecule has 1 aliphatic heterocycles. The van der Waals surface area contributed by atoms with E-state index in [1.807, 2.05) is 35.2 Å². The predicted molar refractivity (Wildman–Crippen MR) is 120 cm³/mol. The molecule has 0 spiro atoms. The lowest BCUT2D eigenvalue weighted by molar-refractivity contribution is 0.0761. The number of rotatable bonds is 7. The number of likely N-dealkylation sites (tertiary alicyclic amines) is 1. The molecule has 0 radical (unpaired) electrons. The van der Waals surface area contributed by atoms with Crippen molar-refractivity contribution in [2.45, 2.75) is 46.0 Å². The van der Waals surface area contributed by atoms with Crippen LogP contribution in [0, 0.1) is 5.92 Å². The molecule has 2 aromatic carbocycles. The van der Waals surface area contributed by atoms with Crippen molar-refractivity contribution >= 4 is 17.5 Å². The third-order valence-electron chi connectivity index (χ3n) is 5.35. The number of hydrogen-bond donors (Lipinski definition) is 1. The molecule has 0 saturated carbocycles. The number of benzene rings is 2. The zero-order chi connectivity index (χ0) is 21.3. The molecule has 0 aromatic heterocycles. The van der Waals surface area contributed by atoms with Crippen molar-refractivity contribution in [1.82, 2.24) is 4.90 Å². The van der Waals surface area contributed by atoms with Crippen LogP contribution in [0.4, 0.5) is 5.69 Å². The summed E-state index contributed by atoms with van der Waals surface area (Å²) in [6.45, 7) is 6.46. The number of nitrogens with zero attached hydrogens (tertiary/aromatic N) is 1. The van der Waals surface area contributed by atoms with Crippen LogP contribution in [0.1, 0.15) is 66.7 Å². The summed E-state index contributed by atoms with van der Waals surface area (Å²) < 4.78 is 5.84. The van der Waals surface area contributed by atoms with Gasteiger partial charge in [0, 0.05) is 24.3 Å². The SMILES string of the molecule is CC(C)CCOc1ccccc1C(=O)Nc1cccc(C(=O)N2CCCCCC2)c1. The van der Waals surface area contributed by atoms with Crippen LogP contribution in [0.5, 0.6) is 5.75 Å². The number of para-hydroxylation sites is 1. The van der Waals surface area contributed by atoms with Crippen molar-refractivity contribution < 1.29 is 14.3 Å². The van der Waals surface area contributed by atoms with Crippen molar-refractivity contribution in [3.05, 3.63) is 59.7 Å². The summed E-state index contributed by atoms with van der Waals surface area (Å²) in [6, 6.07) is 14.4. The maximum Gasteiger partial charge on any atom is 0.259 e. The van der Waals surface area contributed by atoms with Crippen LogP contribution in [-0.4, -0.2) is 36.4 Å². The number of nitrogens with one attached hydrogen (secondary N) is 1. The maximum atomic E-state index is 12.9. The lowest BCUT2D eigenvalue weighted by Crippen LogP contribution is -2.31. The summed E-state index contributed by atoms with van der Waals surface area (Å²) in [5.74, 6) is 0.905. The predicted octanol–water partition coefficient (Wildman–Crippen LogP) is 5.38. The van der Waals surface area contributed by atoms with Gasteiger partial charge in [-0.2, -0.15) is 0 Å². The number of carbonyl (C=O) groups is 2. The van der Waals surface area contributed by atoms with Gasteiger partial charge in [-0.05, 0) is 55.5 Å². The summed E-state index contributed by atoms with van der Waals surface area (Å²) in [7, 11) is 0. The normalized spacial score (nSPS) is 14.3. The lowest BCUT2D eigenvalue weighted by atomic mass is 10.1. The molecular formula is C25H32N2O3. The quantitative estimate of drug-likeness (QED) is 0.669. The first-order valence-electron chi connectivity index (χ1n) is 11.0. The molecule has 2 amide bonds. The van der Waals surface area contributed by atoms with E-state index in [1.54, 1.807) is 18.2 Å². The highest BCUT2D eigenvalue weighted by atomic mass is 16.5. The minimum Gasteiger partial charge on any atom is -0.493 e. The molecule has 1 saturated heterocycles. The molecule has 1 aliphatic rings. The fraction of sp³-hybridized carbons (Fsp3) is 0.440. The highest BCUT2D eigenvalue weighted by molar-refractivity contribution is 6.06. The Morgan fingerprint density at radius 2 is 1.73 bits per heavy atom. The smallest absolute Gasteiger partial charge is 0.259 e. The van der Waals surface area contributed by atoms with Gasteiger partial charge in [-0.25, -0.2) is 0 Å². The van der Waals surface area contributed by atoms with E-state index in [0.717, 1.165) is 32.4 Å². The molecule has 0 aliphatic carbocycles. The van der Waals surface area contributed by atoms with Gasteiger partial charge in [-0.1, -0.05) is 44.9 Å². The van der Waals surface area contributed by atoms with Crippen LogP contribution in [0.2, 0.25) is 0 Å². The van der Waals surface area contributed by atoms with E-state index in [4.69, 9.17) is 4.74 Å². The van der Waals surface area contributed by atoms with Gasteiger partial charge < -0.3 is 15.0 Å². The van der Waals surface area contributed by atoms with Crippen molar-refractivity contribution in [3.8, 4) is 5.75 Å². The van der Waals surface area contributed by atoms with Crippen LogP contribution in [0.3, 0.4) is 0 Å². The summed E-state index contributed by atoms with van der Waals surface area (Å²) in [6.07, 6.45) is 5.39. The summed E-state index contributed by atoms with van der Waals surface area (Å²) >= 11 is 0. The van der Waals surface area contributed by atoms with Crippen molar-refractivity contribution in [1.29, 1.82) is 0 Å². The number of amides is 2. The second kappa shape index (κ2) is 10.8. The molecule has 3 rings (SSSR count). The first kappa shape index (κ1) is 21.9. The fourth-order valence-corrected chi connectivity index (χ4v) is 3.57. The first-order chi connectivity index (χ1) is 14.5. The second-order valence-corrected chi connectivity index (χ2v) is 8.27. The van der Waals surface area contributed by atoms with Gasteiger partial charge in [0.25, 0.3) is 11.8 Å². The molecule has 0 unspecified atom stereocenters. The summed E-state index contributed by atoms with van der Waals surface area (Å²) in [5, 5.41) is 2.92. The number of carbonyl (C=O) groups excluding carboxylic acids is 2. The van der Waals surface area contributed by atoms with Crippen LogP contribution in [0.25, 0.3) is 0 Å². The largest absolute Gasteiger partial charge is 0.493 e. The molecule has 30 heavy (non-hydrogen) atoms. The first-order valence-corrected chi connectivity index (χ1v) is 11.0. The molecule has 5 nitrogen and oxygen atoms in total. The molecule has 2 aromatic rings. The zero-order valence-electron chi connectivity index (χ0n) is 18.0. The van der Waals surface area contributed by atoms with Crippen molar-refractivity contribution in [2.75, 3.05) is 25.0 Å². The Labute approximate surface area is 179 Å². The van der Waals surface area contributed by atoms with Crippen LogP contribution >= 0.6 is 0 Å². The Bertz CT molecular complexity index is 855. The monoisotopic (exact) mass is 408 g/mol. The van der Waals surface area contributed by atoms with E-state index in [1.165, 1.54) is 12.8 Å². The Balaban J connectivity index is 1.69. The van der Waals surface area contributed by atoms with Gasteiger partial charge in [-0.3, -0.25) is 9.59 Å². The van der Waals surface area contributed by atoms with E-state index in [2.05, 4.69) is 19.2 Å². The van der Waals surface area contributed by atoms with Crippen LogP contribution < -0.4 is 10.1 Å². The van der Waals surface area contributed by atoms with Crippen LogP contribution in [0.15, 0.2) is 48.5 Å². The molecule has 160 valence electrons. The molecule has 5 heteroatoms. The Hall–Kier alpha value is -2.82. The third kappa shape index (κ3) is 6.09. The summed E-state index contributed by atoms with van der Waals surface area (Å²) in [4.78, 5) is 27.7. The number of hydrogen-bond acceptors (Lipinski definition) is 3. The van der Waals surface area contributed by atoms with Crippen molar-refractivity contribution in [3.63, 3.8) is 0 Å². The standard InChI is InChI=1S/C25H32N2O3/c1-19(2)14-17-30-23-13-6-5-12-22(23)24(28)26-21-11-9-10-20(18-21)25(29)27-15-7-3-4-8-16-27/h5-6,9-13,18-19H,3-4,7-8,14-17H2,1-2H3,(H,26,28). The fourth-order valence-electron chi connectivity index (χ4n) is 3.57. The Morgan fingerprint density at radius 3 is 2.47 bits per heavy atom.